The number of urea groups is 1. The topological polar surface area (TPSA) is 61.9 Å². The summed E-state index contributed by atoms with van der Waals surface area (Å²) in [4.78, 5) is 24.0. The smallest absolute Gasteiger partial charge is 0.329 e. The number of amides is 3. The van der Waals surface area contributed by atoms with Gasteiger partial charge in [0.25, 0.3) is 0 Å². The van der Waals surface area contributed by atoms with Gasteiger partial charge in [0.15, 0.2) is 5.50 Å². The second-order valence-corrected chi connectivity index (χ2v) is 4.82. The van der Waals surface area contributed by atoms with E-state index in [1.54, 1.807) is 38.4 Å². The molecule has 1 aliphatic rings. The molecule has 7 heteroatoms. The molecular formula is C11H13N3O3S. The first kappa shape index (κ1) is 12.6. The van der Waals surface area contributed by atoms with Gasteiger partial charge in [-0.05, 0) is 24.3 Å². The van der Waals surface area contributed by atoms with E-state index in [2.05, 4.69) is 5.32 Å². The highest BCUT2D eigenvalue weighted by Crippen LogP contribution is 2.28. The molecule has 1 unspecified atom stereocenters. The molecule has 1 saturated heterocycles. The molecule has 0 aliphatic carbocycles. The number of carbonyl (C=O) groups excluding carboxylic acids is 2. The standard InChI is InChI=1S/C11H13N3O3S/c1-13-10(16)12-11(18-13)14(7-15)8-3-5-9(17-2)6-4-8/h3-7,11H,1-2H3,(H,12,16). The van der Waals surface area contributed by atoms with Gasteiger partial charge < -0.3 is 10.1 Å². The molecule has 1 atom stereocenters. The molecule has 96 valence electrons. The Labute approximate surface area is 109 Å². The Morgan fingerprint density at radius 1 is 1.44 bits per heavy atom. The molecule has 0 bridgehead atoms. The van der Waals surface area contributed by atoms with Crippen LogP contribution in [0.3, 0.4) is 0 Å². The Morgan fingerprint density at radius 3 is 2.56 bits per heavy atom. The van der Waals surface area contributed by atoms with Gasteiger partial charge >= 0.3 is 6.03 Å². The number of carbonyl (C=O) groups is 2. The molecule has 1 heterocycles. The fraction of sp³-hybridized carbons (Fsp3) is 0.273. The van der Waals surface area contributed by atoms with Crippen LogP contribution in [-0.4, -0.2) is 36.4 Å². The number of hydrogen-bond acceptors (Lipinski definition) is 4. The molecule has 3 amide bonds. The lowest BCUT2D eigenvalue weighted by atomic mass is 10.3. The van der Waals surface area contributed by atoms with Gasteiger partial charge in [-0.2, -0.15) is 0 Å². The second-order valence-electron chi connectivity index (χ2n) is 3.62. The first-order valence-corrected chi connectivity index (χ1v) is 6.08. The van der Waals surface area contributed by atoms with E-state index in [-0.39, 0.29) is 6.03 Å². The van der Waals surface area contributed by atoms with E-state index < -0.39 is 5.50 Å². The maximum atomic E-state index is 11.4. The number of benzene rings is 1. The number of rotatable bonds is 4. The summed E-state index contributed by atoms with van der Waals surface area (Å²) in [6, 6.07) is 6.83. The number of nitrogens with zero attached hydrogens (tertiary/aromatic N) is 2. The zero-order chi connectivity index (χ0) is 13.1. The quantitative estimate of drug-likeness (QED) is 0.658. The summed E-state index contributed by atoms with van der Waals surface area (Å²) in [5, 5.41) is 2.70. The monoisotopic (exact) mass is 267 g/mol. The lowest BCUT2D eigenvalue weighted by Crippen LogP contribution is -2.40. The highest BCUT2D eigenvalue weighted by molar-refractivity contribution is 7.98. The Balaban J connectivity index is 2.17. The predicted molar refractivity (Wildman–Crippen MR) is 69.2 cm³/mol. The van der Waals surface area contributed by atoms with Crippen molar-refractivity contribution in [1.82, 2.24) is 9.62 Å². The van der Waals surface area contributed by atoms with Crippen molar-refractivity contribution < 1.29 is 14.3 Å². The number of ether oxygens (including phenoxy) is 1. The molecule has 1 aromatic rings. The normalized spacial score (nSPS) is 18.4. The first-order valence-electron chi connectivity index (χ1n) is 5.24. The summed E-state index contributed by atoms with van der Waals surface area (Å²) in [6.07, 6.45) is 0.693. The minimum atomic E-state index is -0.423. The average molecular weight is 267 g/mol. The highest BCUT2D eigenvalue weighted by atomic mass is 32.2. The zero-order valence-electron chi connectivity index (χ0n) is 9.99. The van der Waals surface area contributed by atoms with E-state index in [1.165, 1.54) is 21.2 Å². The molecule has 0 radical (unpaired) electrons. The minimum Gasteiger partial charge on any atom is -0.497 e. The summed E-state index contributed by atoms with van der Waals surface area (Å²) in [6.45, 7) is 0. The molecule has 0 spiro atoms. The molecule has 1 aliphatic heterocycles. The lowest BCUT2D eigenvalue weighted by Gasteiger charge is -2.22. The number of nitrogens with one attached hydrogen (secondary N) is 1. The third kappa shape index (κ3) is 2.35. The maximum absolute atomic E-state index is 11.4. The van der Waals surface area contributed by atoms with Crippen LogP contribution in [0.5, 0.6) is 5.75 Å². The number of hydrogen-bond donors (Lipinski definition) is 1. The zero-order valence-corrected chi connectivity index (χ0v) is 10.8. The van der Waals surface area contributed by atoms with Crippen LogP contribution in [0, 0.1) is 0 Å². The SMILES string of the molecule is COc1ccc(N(C=O)C2NC(=O)N(C)S2)cc1. The second kappa shape index (κ2) is 5.18. The van der Waals surface area contributed by atoms with Gasteiger partial charge in [0, 0.05) is 24.7 Å². The molecule has 1 fully saturated rings. The largest absolute Gasteiger partial charge is 0.497 e. The molecule has 0 aromatic heterocycles. The van der Waals surface area contributed by atoms with E-state index in [9.17, 15) is 9.59 Å². The average Bonchev–Trinajstić information content (AvgIpc) is 2.71. The van der Waals surface area contributed by atoms with Crippen molar-refractivity contribution in [2.24, 2.45) is 0 Å². The molecule has 0 saturated carbocycles. The van der Waals surface area contributed by atoms with Crippen LogP contribution in [0.2, 0.25) is 0 Å². The summed E-state index contributed by atoms with van der Waals surface area (Å²) >= 11 is 1.25. The van der Waals surface area contributed by atoms with Crippen molar-refractivity contribution in [2.45, 2.75) is 5.50 Å². The predicted octanol–water partition coefficient (Wildman–Crippen LogP) is 1.24. The molecule has 6 nitrogen and oxygen atoms in total. The molecule has 2 rings (SSSR count). The molecule has 1 N–H and O–H groups in total. The van der Waals surface area contributed by atoms with E-state index in [0.29, 0.717) is 17.8 Å². The van der Waals surface area contributed by atoms with Crippen molar-refractivity contribution in [3.8, 4) is 5.75 Å². The van der Waals surface area contributed by atoms with Crippen LogP contribution in [0.15, 0.2) is 24.3 Å². The van der Waals surface area contributed by atoms with E-state index in [4.69, 9.17) is 4.74 Å². The Hall–Kier alpha value is -1.89. The van der Waals surface area contributed by atoms with Crippen molar-refractivity contribution in [3.63, 3.8) is 0 Å². The minimum absolute atomic E-state index is 0.217. The number of anilines is 1. The van der Waals surface area contributed by atoms with Crippen LogP contribution >= 0.6 is 11.9 Å². The lowest BCUT2D eigenvalue weighted by molar-refractivity contribution is -0.107. The van der Waals surface area contributed by atoms with Crippen LogP contribution in [0.25, 0.3) is 0 Å². The van der Waals surface area contributed by atoms with Gasteiger partial charge in [-0.1, -0.05) is 0 Å². The van der Waals surface area contributed by atoms with Crippen molar-refractivity contribution >= 4 is 30.1 Å². The first-order chi connectivity index (χ1) is 8.65. The van der Waals surface area contributed by atoms with E-state index >= 15 is 0 Å². The highest BCUT2D eigenvalue weighted by Gasteiger charge is 2.31. The maximum Gasteiger partial charge on any atom is 0.329 e. The van der Waals surface area contributed by atoms with Crippen molar-refractivity contribution in [2.75, 3.05) is 19.1 Å². The number of methoxy groups -OCH3 is 1. The Bertz CT molecular complexity index is 451. The van der Waals surface area contributed by atoms with Gasteiger partial charge in [0.2, 0.25) is 6.41 Å². The van der Waals surface area contributed by atoms with Gasteiger partial charge in [0.1, 0.15) is 5.75 Å². The summed E-state index contributed by atoms with van der Waals surface area (Å²) in [5.74, 6) is 0.713. The third-order valence-corrected chi connectivity index (χ3v) is 3.55. The van der Waals surface area contributed by atoms with Crippen LogP contribution in [0.4, 0.5) is 10.5 Å². The Kier molecular flexibility index (Phi) is 3.61. The third-order valence-electron chi connectivity index (χ3n) is 2.53. The molecule has 1 aromatic carbocycles. The summed E-state index contributed by atoms with van der Waals surface area (Å²) in [7, 11) is 3.23. The summed E-state index contributed by atoms with van der Waals surface area (Å²) < 4.78 is 6.50. The van der Waals surface area contributed by atoms with Gasteiger partial charge in [-0.15, -0.1) is 0 Å². The van der Waals surface area contributed by atoms with Crippen LogP contribution in [0.1, 0.15) is 0 Å². The summed E-state index contributed by atoms with van der Waals surface area (Å²) in [5.41, 5.74) is 0.271. The van der Waals surface area contributed by atoms with Gasteiger partial charge in [-0.25, -0.2) is 4.79 Å². The molecule has 18 heavy (non-hydrogen) atoms. The van der Waals surface area contributed by atoms with Crippen LogP contribution < -0.4 is 15.0 Å². The van der Waals surface area contributed by atoms with Crippen LogP contribution in [-0.2, 0) is 4.79 Å². The Morgan fingerprint density at radius 2 is 2.11 bits per heavy atom. The van der Waals surface area contributed by atoms with E-state index in [1.807, 2.05) is 0 Å². The van der Waals surface area contributed by atoms with Crippen molar-refractivity contribution in [3.05, 3.63) is 24.3 Å². The molecular weight excluding hydrogens is 254 g/mol. The van der Waals surface area contributed by atoms with E-state index in [0.717, 1.165) is 0 Å². The fourth-order valence-corrected chi connectivity index (χ4v) is 2.42. The van der Waals surface area contributed by atoms with Gasteiger partial charge in [-0.3, -0.25) is 14.0 Å². The van der Waals surface area contributed by atoms with Crippen molar-refractivity contribution in [1.29, 1.82) is 0 Å². The fourth-order valence-electron chi connectivity index (χ4n) is 1.55. The van der Waals surface area contributed by atoms with Gasteiger partial charge in [0.05, 0.1) is 7.11 Å².